The van der Waals surface area contributed by atoms with E-state index in [-0.39, 0.29) is 11.9 Å². The molecule has 0 aliphatic rings. The van der Waals surface area contributed by atoms with Gasteiger partial charge in [-0.2, -0.15) is 13.2 Å². The third-order valence-electron chi connectivity index (χ3n) is 3.03. The second kappa shape index (κ2) is 4.99. The minimum Gasteiger partial charge on any atom is -0.363 e. The number of nitrogens with two attached hydrogens (primary N) is 1. The van der Waals surface area contributed by atoms with Gasteiger partial charge in [0.1, 0.15) is 0 Å². The molecule has 2 aromatic rings. The van der Waals surface area contributed by atoms with Gasteiger partial charge in [-0.25, -0.2) is 4.98 Å². The van der Waals surface area contributed by atoms with Gasteiger partial charge in [0.05, 0.1) is 11.6 Å². The average molecular weight is 283 g/mol. The monoisotopic (exact) mass is 283 g/mol. The molecule has 1 amide bonds. The van der Waals surface area contributed by atoms with E-state index in [4.69, 9.17) is 5.73 Å². The standard InChI is InChI=1S/C13H12F3N3O/c1-8(19-7-6-18-12(19)11(17)20)9-2-4-10(5-3-9)13(14,15)16/h2-8H,1H3,(H2,17,20). The maximum absolute atomic E-state index is 12.5. The minimum atomic E-state index is -4.37. The number of amides is 1. The lowest BCUT2D eigenvalue weighted by atomic mass is 10.1. The van der Waals surface area contributed by atoms with Crippen LogP contribution in [0.15, 0.2) is 36.7 Å². The van der Waals surface area contributed by atoms with Crippen molar-refractivity contribution in [2.45, 2.75) is 19.1 Å². The summed E-state index contributed by atoms with van der Waals surface area (Å²) in [5.41, 5.74) is 5.09. The van der Waals surface area contributed by atoms with Crippen LogP contribution in [0.4, 0.5) is 13.2 Å². The molecule has 2 rings (SSSR count). The number of hydrogen-bond donors (Lipinski definition) is 1. The van der Waals surface area contributed by atoms with Crippen molar-refractivity contribution < 1.29 is 18.0 Å². The first kappa shape index (κ1) is 14.1. The molecular weight excluding hydrogens is 271 g/mol. The van der Waals surface area contributed by atoms with Crippen molar-refractivity contribution in [1.29, 1.82) is 0 Å². The van der Waals surface area contributed by atoms with Gasteiger partial charge in [-0.1, -0.05) is 12.1 Å². The average Bonchev–Trinajstić information content (AvgIpc) is 2.86. The van der Waals surface area contributed by atoms with Crippen LogP contribution in [0, 0.1) is 0 Å². The Kier molecular flexibility index (Phi) is 3.52. The van der Waals surface area contributed by atoms with Gasteiger partial charge < -0.3 is 10.3 Å². The quantitative estimate of drug-likeness (QED) is 0.941. The van der Waals surface area contributed by atoms with Crippen molar-refractivity contribution in [1.82, 2.24) is 9.55 Å². The highest BCUT2D eigenvalue weighted by atomic mass is 19.4. The van der Waals surface area contributed by atoms with E-state index in [1.54, 1.807) is 13.1 Å². The van der Waals surface area contributed by atoms with Crippen LogP contribution in [0.25, 0.3) is 0 Å². The number of alkyl halides is 3. The van der Waals surface area contributed by atoms with Crippen LogP contribution in [-0.2, 0) is 6.18 Å². The van der Waals surface area contributed by atoms with E-state index in [9.17, 15) is 18.0 Å². The molecule has 0 spiro atoms. The van der Waals surface area contributed by atoms with Crippen LogP contribution in [0.3, 0.4) is 0 Å². The molecule has 0 aliphatic carbocycles. The number of aromatic nitrogens is 2. The Bertz CT molecular complexity index is 617. The Labute approximate surface area is 113 Å². The predicted octanol–water partition coefficient (Wildman–Crippen LogP) is 2.61. The first-order chi connectivity index (χ1) is 9.30. The predicted molar refractivity (Wildman–Crippen MR) is 66.0 cm³/mol. The summed E-state index contributed by atoms with van der Waals surface area (Å²) in [5.74, 6) is -0.619. The largest absolute Gasteiger partial charge is 0.416 e. The van der Waals surface area contributed by atoms with Crippen LogP contribution in [0.2, 0.25) is 0 Å². The van der Waals surface area contributed by atoms with Crippen molar-refractivity contribution >= 4 is 5.91 Å². The lowest BCUT2D eigenvalue weighted by Gasteiger charge is -2.16. The molecule has 1 aromatic carbocycles. The van der Waals surface area contributed by atoms with E-state index in [2.05, 4.69) is 4.98 Å². The Morgan fingerprint density at radius 3 is 2.40 bits per heavy atom. The normalized spacial score (nSPS) is 13.2. The molecule has 1 heterocycles. The third-order valence-corrected chi connectivity index (χ3v) is 3.03. The number of primary amides is 1. The molecule has 0 aliphatic heterocycles. The second-order valence-electron chi connectivity index (χ2n) is 4.32. The summed E-state index contributed by atoms with van der Waals surface area (Å²) in [6.45, 7) is 1.75. The van der Waals surface area contributed by atoms with Crippen molar-refractivity contribution in [2.75, 3.05) is 0 Å². The summed E-state index contributed by atoms with van der Waals surface area (Å²) in [6, 6.07) is 4.41. The maximum Gasteiger partial charge on any atom is 0.416 e. The zero-order chi connectivity index (χ0) is 14.9. The summed E-state index contributed by atoms with van der Waals surface area (Å²) in [7, 11) is 0. The number of nitrogens with zero attached hydrogens (tertiary/aromatic N) is 2. The van der Waals surface area contributed by atoms with E-state index in [1.807, 2.05) is 0 Å². The molecule has 0 radical (unpaired) electrons. The summed E-state index contributed by atoms with van der Waals surface area (Å²) >= 11 is 0. The Balaban J connectivity index is 2.32. The third kappa shape index (κ3) is 2.66. The number of hydrogen-bond acceptors (Lipinski definition) is 2. The smallest absolute Gasteiger partial charge is 0.363 e. The minimum absolute atomic E-state index is 0.0670. The molecular formula is C13H12F3N3O. The van der Waals surface area contributed by atoms with Crippen molar-refractivity contribution in [3.8, 4) is 0 Å². The number of rotatable bonds is 3. The van der Waals surface area contributed by atoms with Gasteiger partial charge >= 0.3 is 6.18 Å². The van der Waals surface area contributed by atoms with Crippen LogP contribution in [-0.4, -0.2) is 15.5 Å². The Hall–Kier alpha value is -2.31. The number of halogens is 3. The molecule has 7 heteroatoms. The highest BCUT2D eigenvalue weighted by molar-refractivity contribution is 5.89. The van der Waals surface area contributed by atoms with Crippen LogP contribution in [0.1, 0.15) is 34.7 Å². The molecule has 0 saturated heterocycles. The molecule has 1 atom stereocenters. The molecule has 4 nitrogen and oxygen atoms in total. The van der Waals surface area contributed by atoms with Gasteiger partial charge in [0.15, 0.2) is 5.82 Å². The summed E-state index contributed by atoms with van der Waals surface area (Å²) in [5, 5.41) is 0. The van der Waals surface area contributed by atoms with E-state index in [0.717, 1.165) is 12.1 Å². The van der Waals surface area contributed by atoms with E-state index in [0.29, 0.717) is 5.56 Å². The van der Waals surface area contributed by atoms with Gasteiger partial charge in [-0.15, -0.1) is 0 Å². The van der Waals surface area contributed by atoms with E-state index in [1.165, 1.54) is 22.9 Å². The highest BCUT2D eigenvalue weighted by Crippen LogP contribution is 2.30. The molecule has 0 saturated carbocycles. The van der Waals surface area contributed by atoms with Gasteiger partial charge in [-0.05, 0) is 24.6 Å². The molecule has 0 bridgehead atoms. The Morgan fingerprint density at radius 2 is 1.90 bits per heavy atom. The van der Waals surface area contributed by atoms with Crippen molar-refractivity contribution in [3.05, 3.63) is 53.6 Å². The maximum atomic E-state index is 12.5. The van der Waals surface area contributed by atoms with Crippen LogP contribution >= 0.6 is 0 Å². The lowest BCUT2D eigenvalue weighted by Crippen LogP contribution is -2.20. The zero-order valence-electron chi connectivity index (χ0n) is 10.6. The van der Waals surface area contributed by atoms with Gasteiger partial charge in [0, 0.05) is 12.4 Å². The van der Waals surface area contributed by atoms with Gasteiger partial charge in [0.25, 0.3) is 5.91 Å². The lowest BCUT2D eigenvalue weighted by molar-refractivity contribution is -0.137. The molecule has 0 fully saturated rings. The summed E-state index contributed by atoms with van der Waals surface area (Å²) < 4.78 is 39.0. The van der Waals surface area contributed by atoms with E-state index >= 15 is 0 Å². The first-order valence-corrected chi connectivity index (χ1v) is 5.80. The fourth-order valence-electron chi connectivity index (χ4n) is 1.93. The second-order valence-corrected chi connectivity index (χ2v) is 4.32. The van der Waals surface area contributed by atoms with Gasteiger partial charge in [0.2, 0.25) is 0 Å². The molecule has 1 aromatic heterocycles. The number of carbonyl (C=O) groups excluding carboxylic acids is 1. The fraction of sp³-hybridized carbons (Fsp3) is 0.231. The SMILES string of the molecule is CC(c1ccc(C(F)(F)F)cc1)n1ccnc1C(N)=O. The number of imidazole rings is 1. The number of benzene rings is 1. The van der Waals surface area contributed by atoms with Crippen molar-refractivity contribution in [2.24, 2.45) is 5.73 Å². The number of carbonyl (C=O) groups is 1. The van der Waals surface area contributed by atoms with Crippen LogP contribution < -0.4 is 5.73 Å². The van der Waals surface area contributed by atoms with Crippen LogP contribution in [0.5, 0.6) is 0 Å². The fourth-order valence-corrected chi connectivity index (χ4v) is 1.93. The molecule has 2 N–H and O–H groups in total. The first-order valence-electron chi connectivity index (χ1n) is 5.80. The molecule has 20 heavy (non-hydrogen) atoms. The summed E-state index contributed by atoms with van der Waals surface area (Å²) in [6.07, 6.45) is -1.39. The topological polar surface area (TPSA) is 60.9 Å². The van der Waals surface area contributed by atoms with Gasteiger partial charge in [-0.3, -0.25) is 4.79 Å². The molecule has 1 unspecified atom stereocenters. The highest BCUT2D eigenvalue weighted by Gasteiger charge is 2.30. The Morgan fingerprint density at radius 1 is 1.30 bits per heavy atom. The zero-order valence-corrected chi connectivity index (χ0v) is 10.6. The summed E-state index contributed by atoms with van der Waals surface area (Å²) in [4.78, 5) is 15.0. The molecule has 106 valence electrons. The van der Waals surface area contributed by atoms with E-state index < -0.39 is 17.6 Å². The van der Waals surface area contributed by atoms with Crippen molar-refractivity contribution in [3.63, 3.8) is 0 Å².